The van der Waals surface area contributed by atoms with Crippen molar-refractivity contribution in [3.63, 3.8) is 0 Å². The molecule has 0 amide bonds. The van der Waals surface area contributed by atoms with E-state index in [1.165, 1.54) is 17.7 Å². The van der Waals surface area contributed by atoms with Gasteiger partial charge in [-0.2, -0.15) is 13.2 Å². The molecular weight excluding hydrogens is 513 g/mol. The van der Waals surface area contributed by atoms with Crippen molar-refractivity contribution in [3.05, 3.63) is 101 Å². The van der Waals surface area contributed by atoms with E-state index >= 15 is 0 Å². The number of rotatable bonds is 7. The zero-order valence-corrected chi connectivity index (χ0v) is 22.8. The summed E-state index contributed by atoms with van der Waals surface area (Å²) < 4.78 is 45.2. The second kappa shape index (κ2) is 10.9. The summed E-state index contributed by atoms with van der Waals surface area (Å²) in [6, 6.07) is 21.0. The summed E-state index contributed by atoms with van der Waals surface area (Å²) in [5, 5.41) is 9.81. The van der Waals surface area contributed by atoms with Crippen molar-refractivity contribution in [3.8, 4) is 17.1 Å². The Morgan fingerprint density at radius 1 is 0.757 bits per heavy atom. The van der Waals surface area contributed by atoms with Crippen LogP contribution in [-0.4, -0.2) is 5.11 Å². The molecule has 7 heteroatoms. The van der Waals surface area contributed by atoms with Crippen molar-refractivity contribution in [2.45, 2.75) is 60.6 Å². The molecule has 0 spiro atoms. The van der Waals surface area contributed by atoms with Crippen molar-refractivity contribution in [2.75, 3.05) is 0 Å². The number of hydrogen-bond acceptors (Lipinski definition) is 4. The maximum atomic E-state index is 13.0. The number of benzene rings is 3. The predicted octanol–water partition coefficient (Wildman–Crippen LogP) is 9.86. The van der Waals surface area contributed by atoms with Gasteiger partial charge in [-0.3, -0.25) is 0 Å². The molecule has 0 saturated carbocycles. The molecule has 0 aliphatic rings. The van der Waals surface area contributed by atoms with E-state index in [2.05, 4.69) is 45.0 Å². The largest absolute Gasteiger partial charge is 0.508 e. The molecule has 37 heavy (non-hydrogen) atoms. The third-order valence-electron chi connectivity index (χ3n) is 6.05. The monoisotopic (exact) mass is 542 g/mol. The van der Waals surface area contributed by atoms with E-state index in [9.17, 15) is 18.3 Å². The lowest BCUT2D eigenvalue weighted by molar-refractivity contribution is -0.137. The number of phenolic OH excluding ortho intramolecular Hbond substituents is 1. The molecule has 0 fully saturated rings. The molecule has 4 aromatic rings. The minimum atomic E-state index is -4.38. The summed E-state index contributed by atoms with van der Waals surface area (Å²) in [5.41, 5.74) is 3.06. The lowest BCUT2D eigenvalue weighted by Crippen LogP contribution is -2.10. The fourth-order valence-corrected chi connectivity index (χ4v) is 5.62. The highest BCUT2D eigenvalue weighted by Crippen LogP contribution is 2.37. The Bertz CT molecular complexity index is 1350. The topological polar surface area (TPSA) is 33.4 Å². The first kappa shape index (κ1) is 27.3. The van der Waals surface area contributed by atoms with Crippen molar-refractivity contribution >= 4 is 23.5 Å². The van der Waals surface area contributed by atoms with Crippen LogP contribution in [0.25, 0.3) is 11.3 Å². The smallest absolute Gasteiger partial charge is 0.416 e. The minimum Gasteiger partial charge on any atom is -0.508 e. The molecule has 0 bridgehead atoms. The highest BCUT2D eigenvalue weighted by atomic mass is 32.2. The molecule has 0 atom stereocenters. The first-order chi connectivity index (χ1) is 17.4. The van der Waals surface area contributed by atoms with Crippen molar-refractivity contribution in [2.24, 2.45) is 0 Å². The Hall–Kier alpha value is -2.77. The van der Waals surface area contributed by atoms with Crippen LogP contribution in [0.4, 0.5) is 13.2 Å². The zero-order valence-electron chi connectivity index (χ0n) is 21.1. The Labute approximate surface area is 224 Å². The van der Waals surface area contributed by atoms with E-state index in [0.29, 0.717) is 22.8 Å². The number of alkyl halides is 3. The summed E-state index contributed by atoms with van der Waals surface area (Å²) in [5.74, 6) is 2.83. The number of aromatic hydroxyl groups is 1. The number of aryl methyl sites for hydroxylation is 1. The standard InChI is InChI=1S/C30H29F3O2S2/c1-19-15-25(13-14-26(19)34)36-17-21-16-27(20-5-7-23(8-6-20)30(31,32)33)35-28(21)18-37-24-11-9-22(10-12-24)29(2,3)4/h5-16,34H,17-18H2,1-4H3. The molecule has 2 nitrogen and oxygen atoms in total. The summed E-state index contributed by atoms with van der Waals surface area (Å²) in [7, 11) is 0. The van der Waals surface area contributed by atoms with Gasteiger partial charge in [0.25, 0.3) is 0 Å². The zero-order chi connectivity index (χ0) is 26.8. The molecule has 194 valence electrons. The maximum absolute atomic E-state index is 13.0. The lowest BCUT2D eigenvalue weighted by atomic mass is 9.87. The minimum absolute atomic E-state index is 0.0811. The van der Waals surface area contributed by atoms with Crippen LogP contribution in [0.2, 0.25) is 0 Å². The van der Waals surface area contributed by atoms with Gasteiger partial charge in [0.1, 0.15) is 17.3 Å². The van der Waals surface area contributed by atoms with Gasteiger partial charge in [-0.1, -0.05) is 45.0 Å². The van der Waals surface area contributed by atoms with Crippen LogP contribution in [-0.2, 0) is 23.1 Å². The third-order valence-corrected chi connectivity index (χ3v) is 8.10. The summed E-state index contributed by atoms with van der Waals surface area (Å²) in [6.45, 7) is 8.40. The number of furan rings is 1. The van der Waals surface area contributed by atoms with Crippen LogP contribution in [0, 0.1) is 6.92 Å². The van der Waals surface area contributed by atoms with Crippen LogP contribution in [0.15, 0.2) is 87.0 Å². The van der Waals surface area contributed by atoms with Gasteiger partial charge in [0.05, 0.1) is 11.3 Å². The number of thioether (sulfide) groups is 2. The number of halogens is 3. The number of phenols is 1. The summed E-state index contributed by atoms with van der Waals surface area (Å²) in [4.78, 5) is 2.14. The molecule has 0 aliphatic heterocycles. The van der Waals surface area contributed by atoms with E-state index in [4.69, 9.17) is 4.42 Å². The Kier molecular flexibility index (Phi) is 8.05. The molecule has 3 aromatic carbocycles. The van der Waals surface area contributed by atoms with Gasteiger partial charge >= 0.3 is 6.18 Å². The molecule has 4 rings (SSSR count). The molecular formula is C30H29F3O2S2. The molecule has 0 saturated heterocycles. The van der Waals surface area contributed by atoms with Gasteiger partial charge in [0, 0.05) is 26.7 Å². The van der Waals surface area contributed by atoms with Gasteiger partial charge < -0.3 is 9.52 Å². The Balaban J connectivity index is 1.57. The first-order valence-corrected chi connectivity index (χ1v) is 13.8. The van der Waals surface area contributed by atoms with E-state index < -0.39 is 11.7 Å². The summed E-state index contributed by atoms with van der Waals surface area (Å²) >= 11 is 3.28. The van der Waals surface area contributed by atoms with E-state index in [0.717, 1.165) is 38.8 Å². The molecule has 0 unspecified atom stereocenters. The molecule has 0 aliphatic carbocycles. The van der Waals surface area contributed by atoms with Gasteiger partial charge in [-0.15, -0.1) is 23.5 Å². The van der Waals surface area contributed by atoms with Crippen molar-refractivity contribution < 1.29 is 22.7 Å². The lowest BCUT2D eigenvalue weighted by Gasteiger charge is -2.19. The van der Waals surface area contributed by atoms with Crippen LogP contribution in [0.5, 0.6) is 5.75 Å². The highest BCUT2D eigenvalue weighted by molar-refractivity contribution is 7.99. The van der Waals surface area contributed by atoms with Gasteiger partial charge in [0.15, 0.2) is 0 Å². The Morgan fingerprint density at radius 2 is 1.35 bits per heavy atom. The highest BCUT2D eigenvalue weighted by Gasteiger charge is 2.30. The van der Waals surface area contributed by atoms with Crippen LogP contribution in [0.3, 0.4) is 0 Å². The molecule has 1 heterocycles. The normalized spacial score (nSPS) is 12.2. The van der Waals surface area contributed by atoms with Crippen LogP contribution < -0.4 is 0 Å². The van der Waals surface area contributed by atoms with Gasteiger partial charge in [-0.25, -0.2) is 0 Å². The summed E-state index contributed by atoms with van der Waals surface area (Å²) in [6.07, 6.45) is -4.38. The SMILES string of the molecule is Cc1cc(SCc2cc(-c3ccc(C(F)(F)F)cc3)oc2CSc2ccc(C(C)(C)C)cc2)ccc1O. The molecule has 1 aromatic heterocycles. The molecule has 0 radical (unpaired) electrons. The van der Waals surface area contributed by atoms with E-state index in [1.807, 2.05) is 25.1 Å². The quantitative estimate of drug-likeness (QED) is 0.236. The first-order valence-electron chi connectivity index (χ1n) is 11.8. The third kappa shape index (κ3) is 6.96. The van der Waals surface area contributed by atoms with E-state index in [-0.39, 0.29) is 11.2 Å². The van der Waals surface area contributed by atoms with Gasteiger partial charge in [0.2, 0.25) is 0 Å². The maximum Gasteiger partial charge on any atom is 0.416 e. The molecule has 1 N–H and O–H groups in total. The van der Waals surface area contributed by atoms with Crippen molar-refractivity contribution in [1.29, 1.82) is 0 Å². The number of hydrogen-bond donors (Lipinski definition) is 1. The van der Waals surface area contributed by atoms with Crippen LogP contribution in [0.1, 0.15) is 48.8 Å². The predicted molar refractivity (Wildman–Crippen MR) is 146 cm³/mol. The van der Waals surface area contributed by atoms with E-state index in [1.54, 1.807) is 29.6 Å². The Morgan fingerprint density at radius 3 is 1.95 bits per heavy atom. The average molecular weight is 543 g/mol. The average Bonchev–Trinajstić information content (AvgIpc) is 3.26. The van der Waals surface area contributed by atoms with Crippen molar-refractivity contribution in [1.82, 2.24) is 0 Å². The van der Waals surface area contributed by atoms with Crippen LogP contribution >= 0.6 is 23.5 Å². The second-order valence-electron chi connectivity index (χ2n) is 9.93. The van der Waals surface area contributed by atoms with Gasteiger partial charge in [-0.05, 0) is 72.0 Å². The fourth-order valence-electron chi connectivity index (χ4n) is 3.76. The second-order valence-corrected chi connectivity index (χ2v) is 12.0. The fraction of sp³-hybridized carbons (Fsp3) is 0.267.